The number of phosphoric acid groups is 2. The number of esters is 4. The van der Waals surface area contributed by atoms with E-state index in [4.69, 9.17) is 37.0 Å². The highest BCUT2D eigenvalue weighted by atomic mass is 31.2. The average Bonchev–Trinajstić information content (AvgIpc) is 3.44. The van der Waals surface area contributed by atoms with E-state index in [0.717, 1.165) is 103 Å². The quantitative estimate of drug-likeness (QED) is 0.0222. The van der Waals surface area contributed by atoms with Crippen molar-refractivity contribution in [3.05, 3.63) is 0 Å². The fourth-order valence-corrected chi connectivity index (χ4v) is 11.0. The molecule has 0 heterocycles. The van der Waals surface area contributed by atoms with Gasteiger partial charge in [0.05, 0.1) is 26.4 Å². The molecule has 0 aromatic rings. The zero-order chi connectivity index (χ0) is 60.6. The van der Waals surface area contributed by atoms with Gasteiger partial charge in [-0.15, -0.1) is 0 Å². The summed E-state index contributed by atoms with van der Waals surface area (Å²) in [6, 6.07) is 0. The minimum Gasteiger partial charge on any atom is -0.462 e. The maximum atomic E-state index is 13.0. The minimum atomic E-state index is -4.94. The monoisotopic (exact) mass is 1210 g/mol. The average molecular weight is 1210 g/mol. The second kappa shape index (κ2) is 56.8. The smallest absolute Gasteiger partial charge is 0.462 e. The van der Waals surface area contributed by atoms with Crippen molar-refractivity contribution in [1.82, 2.24) is 0 Å². The van der Waals surface area contributed by atoms with Crippen molar-refractivity contribution in [3.63, 3.8) is 0 Å². The normalized spacial score (nSPS) is 14.3. The molecular weight excluding hydrogens is 1090 g/mol. The van der Waals surface area contributed by atoms with Gasteiger partial charge in [-0.05, 0) is 31.6 Å². The van der Waals surface area contributed by atoms with E-state index in [-0.39, 0.29) is 25.7 Å². The standard InChI is InChI=1S/C63H122O17P2/c1-6-9-12-15-18-20-22-24-26-28-31-37-42-47-61(66)74-53-58(79-62(67)48-43-38-32-29-27-25-23-21-19-16-13-10-7-2)54-77-81(69,70)75-50-57(64)51-76-82(71,72)78-55-59(52-73-60(65)46-41-36-30-17-14-11-8-3)80-63(68)49-44-39-34-33-35-40-45-56(4)5/h56-59,64H,6-55H2,1-5H3,(H,69,70)(H,71,72)/t57-,58-,59-/m1/s1. The highest BCUT2D eigenvalue weighted by Gasteiger charge is 2.30. The molecule has 3 N–H and O–H groups in total. The second-order valence-corrected chi connectivity index (χ2v) is 26.2. The Bertz CT molecular complexity index is 1600. The first kappa shape index (κ1) is 80.1. The first-order chi connectivity index (χ1) is 39.5. The molecule has 0 radical (unpaired) electrons. The van der Waals surface area contributed by atoms with Crippen molar-refractivity contribution in [1.29, 1.82) is 0 Å². The van der Waals surface area contributed by atoms with Gasteiger partial charge in [0, 0.05) is 25.7 Å². The molecule has 0 aliphatic rings. The Morgan fingerprint density at radius 1 is 0.329 bits per heavy atom. The van der Waals surface area contributed by atoms with Gasteiger partial charge in [-0.25, -0.2) is 9.13 Å². The Balaban J connectivity index is 5.21. The number of phosphoric ester groups is 2. The van der Waals surface area contributed by atoms with Crippen molar-refractivity contribution in [3.8, 4) is 0 Å². The molecule has 486 valence electrons. The topological polar surface area (TPSA) is 237 Å². The van der Waals surface area contributed by atoms with Crippen LogP contribution in [0, 0.1) is 5.92 Å². The summed E-state index contributed by atoms with van der Waals surface area (Å²) in [5, 5.41) is 10.5. The van der Waals surface area contributed by atoms with Crippen molar-refractivity contribution >= 4 is 39.5 Å². The van der Waals surface area contributed by atoms with E-state index in [2.05, 4.69) is 34.6 Å². The number of aliphatic hydroxyl groups is 1. The predicted molar refractivity (Wildman–Crippen MR) is 326 cm³/mol. The van der Waals surface area contributed by atoms with Crippen LogP contribution >= 0.6 is 15.6 Å². The van der Waals surface area contributed by atoms with Crippen LogP contribution < -0.4 is 0 Å². The van der Waals surface area contributed by atoms with Gasteiger partial charge in [-0.1, -0.05) is 266 Å². The number of ether oxygens (including phenoxy) is 4. The van der Waals surface area contributed by atoms with E-state index in [1.807, 2.05) is 0 Å². The van der Waals surface area contributed by atoms with Gasteiger partial charge in [-0.2, -0.15) is 0 Å². The van der Waals surface area contributed by atoms with Gasteiger partial charge in [0.25, 0.3) is 0 Å². The Morgan fingerprint density at radius 3 is 0.829 bits per heavy atom. The van der Waals surface area contributed by atoms with Gasteiger partial charge < -0.3 is 33.8 Å². The van der Waals surface area contributed by atoms with E-state index >= 15 is 0 Å². The zero-order valence-electron chi connectivity index (χ0n) is 52.6. The number of carbonyl (C=O) groups excluding carboxylic acids is 4. The molecule has 0 aromatic carbocycles. The Kier molecular flexibility index (Phi) is 55.5. The van der Waals surface area contributed by atoms with Crippen molar-refractivity contribution in [2.45, 2.75) is 335 Å². The number of rotatable bonds is 63. The van der Waals surface area contributed by atoms with E-state index in [0.29, 0.717) is 31.6 Å². The third-order valence-corrected chi connectivity index (χ3v) is 16.4. The second-order valence-electron chi connectivity index (χ2n) is 23.3. The molecule has 19 heteroatoms. The molecule has 82 heavy (non-hydrogen) atoms. The van der Waals surface area contributed by atoms with Crippen molar-refractivity contribution in [2.75, 3.05) is 39.6 Å². The molecule has 0 aliphatic heterocycles. The summed E-state index contributed by atoms with van der Waals surface area (Å²) in [7, 11) is -9.88. The summed E-state index contributed by atoms with van der Waals surface area (Å²) in [6.07, 6.45) is 40.5. The van der Waals surface area contributed by atoms with Gasteiger partial charge >= 0.3 is 39.5 Å². The molecule has 0 saturated carbocycles. The number of hydrogen-bond donors (Lipinski definition) is 3. The van der Waals surface area contributed by atoms with Gasteiger partial charge in [0.1, 0.15) is 19.3 Å². The molecule has 0 rings (SSSR count). The summed E-state index contributed by atoms with van der Waals surface area (Å²) in [4.78, 5) is 72.0. The molecule has 2 unspecified atom stereocenters. The third-order valence-electron chi connectivity index (χ3n) is 14.5. The molecule has 0 spiro atoms. The maximum absolute atomic E-state index is 13.0. The van der Waals surface area contributed by atoms with Gasteiger partial charge in [0.2, 0.25) is 0 Å². The maximum Gasteiger partial charge on any atom is 0.472 e. The lowest BCUT2D eigenvalue weighted by atomic mass is 10.0. The predicted octanol–water partition coefficient (Wildman–Crippen LogP) is 17.4. The molecule has 5 atom stereocenters. The van der Waals surface area contributed by atoms with Gasteiger partial charge in [0.15, 0.2) is 12.2 Å². The number of hydrogen-bond acceptors (Lipinski definition) is 15. The van der Waals surface area contributed by atoms with Crippen LogP contribution in [0.3, 0.4) is 0 Å². The Hall–Kier alpha value is -1.94. The summed E-state index contributed by atoms with van der Waals surface area (Å²) < 4.78 is 67.8. The summed E-state index contributed by atoms with van der Waals surface area (Å²) in [5.74, 6) is -1.47. The molecule has 17 nitrogen and oxygen atoms in total. The lowest BCUT2D eigenvalue weighted by Gasteiger charge is -2.21. The molecule has 0 fully saturated rings. The fraction of sp³-hybridized carbons (Fsp3) is 0.937. The minimum absolute atomic E-state index is 0.102. The lowest BCUT2D eigenvalue weighted by Crippen LogP contribution is -2.30. The van der Waals surface area contributed by atoms with Crippen LogP contribution in [0.2, 0.25) is 0 Å². The van der Waals surface area contributed by atoms with Crippen LogP contribution in [-0.4, -0.2) is 96.7 Å². The zero-order valence-corrected chi connectivity index (χ0v) is 54.4. The molecule has 0 aromatic heterocycles. The highest BCUT2D eigenvalue weighted by Crippen LogP contribution is 2.45. The largest absolute Gasteiger partial charge is 0.472 e. The first-order valence-electron chi connectivity index (χ1n) is 33.1. The van der Waals surface area contributed by atoms with Crippen LogP contribution in [0.25, 0.3) is 0 Å². The third kappa shape index (κ3) is 57.2. The fourth-order valence-electron chi connectivity index (χ4n) is 9.41. The number of unbranched alkanes of at least 4 members (excludes halogenated alkanes) is 35. The van der Waals surface area contributed by atoms with Crippen LogP contribution in [0.5, 0.6) is 0 Å². The first-order valence-corrected chi connectivity index (χ1v) is 36.1. The summed E-state index contributed by atoms with van der Waals surface area (Å²) in [5.41, 5.74) is 0. The molecule has 0 amide bonds. The number of carbonyl (C=O) groups is 4. The van der Waals surface area contributed by atoms with Crippen molar-refractivity contribution < 1.29 is 80.2 Å². The van der Waals surface area contributed by atoms with E-state index in [9.17, 15) is 43.2 Å². The van der Waals surface area contributed by atoms with E-state index < -0.39 is 97.5 Å². The van der Waals surface area contributed by atoms with E-state index in [1.54, 1.807) is 0 Å². The van der Waals surface area contributed by atoms with Crippen LogP contribution in [0.15, 0.2) is 0 Å². The molecular formula is C63H122O17P2. The highest BCUT2D eigenvalue weighted by molar-refractivity contribution is 7.47. The molecule has 0 bridgehead atoms. The Morgan fingerprint density at radius 2 is 0.561 bits per heavy atom. The van der Waals surface area contributed by atoms with E-state index in [1.165, 1.54) is 128 Å². The number of aliphatic hydroxyl groups excluding tert-OH is 1. The van der Waals surface area contributed by atoms with Crippen molar-refractivity contribution in [2.24, 2.45) is 5.92 Å². The Labute approximate surface area is 498 Å². The lowest BCUT2D eigenvalue weighted by molar-refractivity contribution is -0.161. The van der Waals surface area contributed by atoms with Crippen LogP contribution in [0.4, 0.5) is 0 Å². The summed E-state index contributed by atoms with van der Waals surface area (Å²) in [6.45, 7) is 7.06. The van der Waals surface area contributed by atoms with Crippen LogP contribution in [-0.2, 0) is 65.4 Å². The SMILES string of the molecule is CCCCCCCCCCCCCCCC(=O)OC[C@H](COP(=O)(O)OC[C@@H](O)COP(=O)(O)OC[C@@H](COC(=O)CCCCCCCCC)OC(=O)CCCCCCCCC(C)C)OC(=O)CCCCCCCCCCCCCCC. The van der Waals surface area contributed by atoms with Crippen LogP contribution in [0.1, 0.15) is 317 Å². The summed E-state index contributed by atoms with van der Waals surface area (Å²) >= 11 is 0. The molecule has 0 aliphatic carbocycles. The molecule has 0 saturated heterocycles. The van der Waals surface area contributed by atoms with Gasteiger partial charge in [-0.3, -0.25) is 37.3 Å².